The number of halogens is 1. The topological polar surface area (TPSA) is 43.4 Å². The highest BCUT2D eigenvalue weighted by Gasteiger charge is 2.09. The van der Waals surface area contributed by atoms with Crippen LogP contribution in [0.1, 0.15) is 5.56 Å². The Morgan fingerprint density at radius 2 is 1.46 bits per heavy atom. The van der Waals surface area contributed by atoms with Crippen molar-refractivity contribution in [3.63, 3.8) is 0 Å². The van der Waals surface area contributed by atoms with Gasteiger partial charge < -0.3 is 4.74 Å². The summed E-state index contributed by atoms with van der Waals surface area (Å²) < 4.78 is 28.2. The molecule has 0 atom stereocenters. The lowest BCUT2D eigenvalue weighted by Gasteiger charge is -2.08. The summed E-state index contributed by atoms with van der Waals surface area (Å²) in [4.78, 5) is 0.0580. The van der Waals surface area contributed by atoms with Crippen molar-refractivity contribution in [2.24, 2.45) is 0 Å². The Morgan fingerprint density at radius 3 is 2.12 bits per heavy atom. The standard InChI is InChI=1S/C19H15ClO3S/c20-24(21,22)19-11-9-18(10-12-19)23-14-15-5-4-8-17(13-15)16-6-2-1-3-7-16/h1-13H,14H2. The van der Waals surface area contributed by atoms with Gasteiger partial charge in [-0.3, -0.25) is 0 Å². The van der Waals surface area contributed by atoms with E-state index in [-0.39, 0.29) is 4.90 Å². The molecule has 3 aromatic carbocycles. The SMILES string of the molecule is O=S(=O)(Cl)c1ccc(OCc2cccc(-c3ccccc3)c2)cc1. The summed E-state index contributed by atoms with van der Waals surface area (Å²) >= 11 is 0. The van der Waals surface area contributed by atoms with Gasteiger partial charge >= 0.3 is 0 Å². The lowest BCUT2D eigenvalue weighted by atomic mass is 10.0. The maximum atomic E-state index is 11.2. The van der Waals surface area contributed by atoms with Crippen LogP contribution in [0.15, 0.2) is 83.8 Å². The monoisotopic (exact) mass is 358 g/mol. The lowest BCUT2D eigenvalue weighted by molar-refractivity contribution is 0.306. The molecule has 0 aliphatic carbocycles. The molecule has 3 aromatic rings. The summed E-state index contributed by atoms with van der Waals surface area (Å²) in [5.74, 6) is 0.587. The summed E-state index contributed by atoms with van der Waals surface area (Å²) in [6.45, 7) is 0.396. The zero-order valence-electron chi connectivity index (χ0n) is 12.7. The minimum Gasteiger partial charge on any atom is -0.489 e. The van der Waals surface area contributed by atoms with Crippen LogP contribution in [0.5, 0.6) is 5.75 Å². The predicted octanol–water partition coefficient (Wildman–Crippen LogP) is 4.86. The summed E-state index contributed by atoms with van der Waals surface area (Å²) in [6.07, 6.45) is 0. The quantitative estimate of drug-likeness (QED) is 0.612. The van der Waals surface area contributed by atoms with Crippen LogP contribution in [0.3, 0.4) is 0 Å². The fourth-order valence-corrected chi connectivity index (χ4v) is 3.11. The highest BCUT2D eigenvalue weighted by Crippen LogP contribution is 2.22. The second kappa shape index (κ2) is 7.07. The molecule has 0 spiro atoms. The Morgan fingerprint density at radius 1 is 0.792 bits per heavy atom. The smallest absolute Gasteiger partial charge is 0.261 e. The first-order valence-electron chi connectivity index (χ1n) is 7.34. The zero-order valence-corrected chi connectivity index (χ0v) is 14.3. The number of rotatable bonds is 5. The van der Waals surface area contributed by atoms with E-state index in [0.717, 1.165) is 16.7 Å². The Balaban J connectivity index is 1.71. The third-order valence-electron chi connectivity index (χ3n) is 3.54. The zero-order chi connectivity index (χ0) is 17.0. The van der Waals surface area contributed by atoms with Crippen LogP contribution in [0, 0.1) is 0 Å². The first-order valence-corrected chi connectivity index (χ1v) is 9.65. The Labute approximate surface area is 145 Å². The van der Waals surface area contributed by atoms with Gasteiger partial charge in [-0.1, -0.05) is 48.5 Å². The summed E-state index contributed by atoms with van der Waals surface area (Å²) in [6, 6.07) is 24.3. The van der Waals surface area contributed by atoms with Crippen LogP contribution < -0.4 is 4.74 Å². The second-order valence-corrected chi connectivity index (χ2v) is 7.83. The van der Waals surface area contributed by atoms with E-state index >= 15 is 0 Å². The van der Waals surface area contributed by atoms with Gasteiger partial charge in [-0.2, -0.15) is 0 Å². The van der Waals surface area contributed by atoms with Gasteiger partial charge in [0.2, 0.25) is 0 Å². The molecule has 0 aliphatic heterocycles. The highest BCUT2D eigenvalue weighted by molar-refractivity contribution is 8.13. The van der Waals surface area contributed by atoms with Crippen LogP contribution in [0.4, 0.5) is 0 Å². The lowest BCUT2D eigenvalue weighted by Crippen LogP contribution is -1.96. The molecule has 3 nitrogen and oxygen atoms in total. The van der Waals surface area contributed by atoms with Crippen LogP contribution >= 0.6 is 10.7 Å². The number of benzene rings is 3. The van der Waals surface area contributed by atoms with E-state index in [2.05, 4.69) is 24.3 Å². The van der Waals surface area contributed by atoms with Gasteiger partial charge in [-0.25, -0.2) is 8.42 Å². The van der Waals surface area contributed by atoms with Gasteiger partial charge in [0.05, 0.1) is 4.90 Å². The predicted molar refractivity (Wildman–Crippen MR) is 95.7 cm³/mol. The number of hydrogen-bond donors (Lipinski definition) is 0. The normalized spacial score (nSPS) is 11.2. The van der Waals surface area contributed by atoms with Crippen molar-refractivity contribution in [1.29, 1.82) is 0 Å². The van der Waals surface area contributed by atoms with Crippen molar-refractivity contribution < 1.29 is 13.2 Å². The van der Waals surface area contributed by atoms with Crippen LogP contribution in [-0.2, 0) is 15.7 Å². The summed E-state index contributed by atoms with van der Waals surface area (Å²) in [5, 5.41) is 0. The van der Waals surface area contributed by atoms with E-state index in [9.17, 15) is 8.42 Å². The minimum atomic E-state index is -3.71. The van der Waals surface area contributed by atoms with Crippen molar-refractivity contribution in [2.45, 2.75) is 11.5 Å². The van der Waals surface area contributed by atoms with Gasteiger partial charge in [-0.15, -0.1) is 0 Å². The molecule has 0 fully saturated rings. The molecule has 0 aromatic heterocycles. The van der Waals surface area contributed by atoms with E-state index in [1.54, 1.807) is 12.1 Å². The number of hydrogen-bond acceptors (Lipinski definition) is 3. The molecule has 0 unspecified atom stereocenters. The van der Waals surface area contributed by atoms with Crippen molar-refractivity contribution in [2.75, 3.05) is 0 Å². The average molecular weight is 359 g/mol. The van der Waals surface area contributed by atoms with Gasteiger partial charge in [0.1, 0.15) is 12.4 Å². The summed E-state index contributed by atoms with van der Waals surface area (Å²) in [7, 11) is 1.58. The van der Waals surface area contributed by atoms with Crippen molar-refractivity contribution in [1.82, 2.24) is 0 Å². The third-order valence-corrected chi connectivity index (χ3v) is 4.91. The molecule has 24 heavy (non-hydrogen) atoms. The van der Waals surface area contributed by atoms with Gasteiger partial charge in [0.15, 0.2) is 0 Å². The van der Waals surface area contributed by atoms with E-state index in [4.69, 9.17) is 15.4 Å². The molecule has 0 saturated heterocycles. The van der Waals surface area contributed by atoms with E-state index in [1.165, 1.54) is 12.1 Å². The molecule has 0 aliphatic rings. The highest BCUT2D eigenvalue weighted by atomic mass is 35.7. The van der Waals surface area contributed by atoms with E-state index in [0.29, 0.717) is 12.4 Å². The Kier molecular flexibility index (Phi) is 4.88. The third kappa shape index (κ3) is 4.16. The molecular formula is C19H15ClO3S. The second-order valence-electron chi connectivity index (χ2n) is 5.26. The summed E-state index contributed by atoms with van der Waals surface area (Å²) in [5.41, 5.74) is 3.31. The molecule has 122 valence electrons. The largest absolute Gasteiger partial charge is 0.489 e. The van der Waals surface area contributed by atoms with Crippen LogP contribution in [0.25, 0.3) is 11.1 Å². The fourth-order valence-electron chi connectivity index (χ4n) is 2.34. The average Bonchev–Trinajstić information content (AvgIpc) is 2.61. The molecule has 0 saturated carbocycles. The molecule has 5 heteroatoms. The molecular weight excluding hydrogens is 344 g/mol. The van der Waals surface area contributed by atoms with Gasteiger partial charge in [0.25, 0.3) is 9.05 Å². The van der Waals surface area contributed by atoms with E-state index in [1.807, 2.05) is 30.3 Å². The maximum Gasteiger partial charge on any atom is 0.261 e. The molecule has 0 bridgehead atoms. The Hall–Kier alpha value is -2.30. The van der Waals surface area contributed by atoms with Crippen molar-refractivity contribution >= 4 is 19.7 Å². The molecule has 0 N–H and O–H groups in total. The Bertz CT molecular complexity index is 920. The first kappa shape index (κ1) is 16.6. The van der Waals surface area contributed by atoms with Crippen molar-refractivity contribution in [3.05, 3.63) is 84.4 Å². The molecule has 0 radical (unpaired) electrons. The van der Waals surface area contributed by atoms with Crippen LogP contribution in [-0.4, -0.2) is 8.42 Å². The fraction of sp³-hybridized carbons (Fsp3) is 0.0526. The van der Waals surface area contributed by atoms with Crippen molar-refractivity contribution in [3.8, 4) is 16.9 Å². The first-order chi connectivity index (χ1) is 11.5. The number of ether oxygens (including phenoxy) is 1. The van der Waals surface area contributed by atoms with Crippen LogP contribution in [0.2, 0.25) is 0 Å². The maximum absolute atomic E-state index is 11.2. The minimum absolute atomic E-state index is 0.0580. The molecule has 0 heterocycles. The van der Waals surface area contributed by atoms with E-state index < -0.39 is 9.05 Å². The van der Waals surface area contributed by atoms with Gasteiger partial charge in [0, 0.05) is 10.7 Å². The molecule has 3 rings (SSSR count). The molecule has 0 amide bonds. The van der Waals surface area contributed by atoms with Gasteiger partial charge in [-0.05, 0) is 47.0 Å².